The summed E-state index contributed by atoms with van der Waals surface area (Å²) in [6, 6.07) is 5.69. The summed E-state index contributed by atoms with van der Waals surface area (Å²) in [5, 5.41) is 0.345. The van der Waals surface area contributed by atoms with Crippen molar-refractivity contribution in [1.29, 1.82) is 0 Å². The standard InChI is InChI=1S/C19H19FN4O4S2/c1-9-14-17(26)21-13(8-29-3)22-19(14)30-15(9)18(27)24-23-16(25)10(2)28-12-7-5-4-6-11(12)20/h4-7,10H,8H2,1-3H3,(H,23,25)(H,24,27)(H,21,22,26)/t10-/m1/s1. The molecule has 0 bridgehead atoms. The number of hydrogen-bond acceptors (Lipinski definition) is 7. The molecule has 0 unspecified atom stereocenters. The number of H-pyrrole nitrogens is 1. The number of rotatable bonds is 6. The molecule has 2 heterocycles. The van der Waals surface area contributed by atoms with E-state index in [9.17, 15) is 18.8 Å². The number of thioether (sulfide) groups is 1. The molecule has 8 nitrogen and oxygen atoms in total. The number of carbonyl (C=O) groups is 2. The second-order valence-electron chi connectivity index (χ2n) is 6.32. The summed E-state index contributed by atoms with van der Waals surface area (Å²) in [7, 11) is 0. The zero-order valence-electron chi connectivity index (χ0n) is 16.4. The molecular formula is C19H19FN4O4S2. The molecule has 3 rings (SSSR count). The maximum absolute atomic E-state index is 13.6. The number of nitrogens with one attached hydrogen (secondary N) is 3. The number of para-hydroxylation sites is 1. The number of halogens is 1. The summed E-state index contributed by atoms with van der Waals surface area (Å²) in [4.78, 5) is 44.9. The molecule has 1 atom stereocenters. The fraction of sp³-hybridized carbons (Fsp3) is 0.263. The van der Waals surface area contributed by atoms with Gasteiger partial charge in [0.2, 0.25) is 0 Å². The number of carbonyl (C=O) groups excluding carboxylic acids is 2. The number of hydrazine groups is 1. The highest BCUT2D eigenvalue weighted by Crippen LogP contribution is 2.27. The summed E-state index contributed by atoms with van der Waals surface area (Å²) in [6.45, 7) is 3.07. The van der Waals surface area contributed by atoms with Crippen molar-refractivity contribution in [3.63, 3.8) is 0 Å². The number of hydrogen-bond donors (Lipinski definition) is 3. The van der Waals surface area contributed by atoms with Gasteiger partial charge in [-0.05, 0) is 37.8 Å². The van der Waals surface area contributed by atoms with Gasteiger partial charge in [-0.25, -0.2) is 9.37 Å². The van der Waals surface area contributed by atoms with E-state index in [0.717, 1.165) is 11.3 Å². The third kappa shape index (κ3) is 4.62. The topological polar surface area (TPSA) is 113 Å². The van der Waals surface area contributed by atoms with Gasteiger partial charge in [-0.2, -0.15) is 11.8 Å². The van der Waals surface area contributed by atoms with E-state index < -0.39 is 23.7 Å². The van der Waals surface area contributed by atoms with Crippen LogP contribution >= 0.6 is 23.1 Å². The molecule has 0 aliphatic heterocycles. The minimum absolute atomic E-state index is 0.0711. The first-order valence-corrected chi connectivity index (χ1v) is 11.1. The highest BCUT2D eigenvalue weighted by Gasteiger charge is 2.21. The van der Waals surface area contributed by atoms with Crippen LogP contribution in [-0.4, -0.2) is 34.1 Å². The van der Waals surface area contributed by atoms with Crippen LogP contribution in [0.2, 0.25) is 0 Å². The molecule has 30 heavy (non-hydrogen) atoms. The first-order chi connectivity index (χ1) is 14.3. The van der Waals surface area contributed by atoms with Crippen molar-refractivity contribution in [3.8, 4) is 5.75 Å². The average molecular weight is 451 g/mol. The highest BCUT2D eigenvalue weighted by molar-refractivity contribution is 7.97. The third-order valence-electron chi connectivity index (χ3n) is 4.15. The Morgan fingerprint density at radius 1 is 1.33 bits per heavy atom. The van der Waals surface area contributed by atoms with Crippen LogP contribution in [0.15, 0.2) is 29.1 Å². The molecule has 3 N–H and O–H groups in total. The number of fused-ring (bicyclic) bond motifs is 1. The Morgan fingerprint density at radius 3 is 2.77 bits per heavy atom. The van der Waals surface area contributed by atoms with E-state index >= 15 is 0 Å². The molecule has 0 saturated heterocycles. The normalized spacial score (nSPS) is 11.9. The van der Waals surface area contributed by atoms with Crippen LogP contribution in [0.1, 0.15) is 28.0 Å². The molecule has 0 aliphatic rings. The van der Waals surface area contributed by atoms with Crippen molar-refractivity contribution < 1.29 is 18.7 Å². The van der Waals surface area contributed by atoms with Gasteiger partial charge in [0.25, 0.3) is 17.4 Å². The van der Waals surface area contributed by atoms with Gasteiger partial charge in [0.1, 0.15) is 10.7 Å². The van der Waals surface area contributed by atoms with E-state index in [0.29, 0.717) is 27.4 Å². The fourth-order valence-corrected chi connectivity index (χ4v) is 4.18. The van der Waals surface area contributed by atoms with E-state index in [4.69, 9.17) is 4.74 Å². The summed E-state index contributed by atoms with van der Waals surface area (Å²) in [5.41, 5.74) is 4.71. The number of thiophene rings is 1. The molecule has 11 heteroatoms. The van der Waals surface area contributed by atoms with Gasteiger partial charge in [-0.1, -0.05) is 12.1 Å². The zero-order valence-corrected chi connectivity index (χ0v) is 18.0. The van der Waals surface area contributed by atoms with Crippen LogP contribution in [0.25, 0.3) is 10.2 Å². The fourth-order valence-electron chi connectivity index (χ4n) is 2.67. The number of benzene rings is 1. The number of nitrogens with zero attached hydrogens (tertiary/aromatic N) is 1. The lowest BCUT2D eigenvalue weighted by Gasteiger charge is -2.15. The molecule has 0 spiro atoms. The van der Waals surface area contributed by atoms with Gasteiger partial charge in [0.15, 0.2) is 17.7 Å². The second kappa shape index (κ2) is 9.26. The molecule has 2 aromatic heterocycles. The smallest absolute Gasteiger partial charge is 0.280 e. The van der Waals surface area contributed by atoms with Crippen molar-refractivity contribution >= 4 is 45.1 Å². The third-order valence-corrected chi connectivity index (χ3v) is 5.89. The van der Waals surface area contributed by atoms with E-state index in [1.165, 1.54) is 36.9 Å². The molecule has 0 radical (unpaired) electrons. The van der Waals surface area contributed by atoms with Gasteiger partial charge in [-0.15, -0.1) is 11.3 Å². The highest BCUT2D eigenvalue weighted by atomic mass is 32.2. The van der Waals surface area contributed by atoms with Crippen molar-refractivity contribution in [2.45, 2.75) is 25.7 Å². The summed E-state index contributed by atoms with van der Waals surface area (Å²) in [6.07, 6.45) is 0.840. The van der Waals surface area contributed by atoms with Crippen LogP contribution in [0.5, 0.6) is 5.75 Å². The minimum Gasteiger partial charge on any atom is -0.478 e. The monoisotopic (exact) mass is 450 g/mol. The van der Waals surface area contributed by atoms with Crippen molar-refractivity contribution in [1.82, 2.24) is 20.8 Å². The lowest BCUT2D eigenvalue weighted by molar-refractivity contribution is -0.128. The van der Waals surface area contributed by atoms with Gasteiger partial charge in [-0.3, -0.25) is 25.2 Å². The first kappa shape index (κ1) is 21.8. The summed E-state index contributed by atoms with van der Waals surface area (Å²) >= 11 is 2.58. The van der Waals surface area contributed by atoms with E-state index in [-0.39, 0.29) is 16.2 Å². The maximum atomic E-state index is 13.6. The Balaban J connectivity index is 1.70. The molecule has 1 aromatic carbocycles. The van der Waals surface area contributed by atoms with Crippen LogP contribution < -0.4 is 21.1 Å². The van der Waals surface area contributed by atoms with Crippen LogP contribution in [-0.2, 0) is 10.5 Å². The van der Waals surface area contributed by atoms with Crippen LogP contribution in [0, 0.1) is 12.7 Å². The summed E-state index contributed by atoms with van der Waals surface area (Å²) < 4.78 is 18.9. The Bertz CT molecular complexity index is 1160. The van der Waals surface area contributed by atoms with Gasteiger partial charge in [0, 0.05) is 0 Å². The minimum atomic E-state index is -1.05. The van der Waals surface area contributed by atoms with Crippen LogP contribution in [0.4, 0.5) is 4.39 Å². The Morgan fingerprint density at radius 2 is 2.07 bits per heavy atom. The van der Waals surface area contributed by atoms with Crippen LogP contribution in [0.3, 0.4) is 0 Å². The van der Waals surface area contributed by atoms with E-state index in [1.807, 2.05) is 6.26 Å². The molecule has 2 amide bonds. The Hall–Kier alpha value is -2.92. The predicted molar refractivity (Wildman–Crippen MR) is 114 cm³/mol. The van der Waals surface area contributed by atoms with Gasteiger partial charge < -0.3 is 9.72 Å². The van der Waals surface area contributed by atoms with Crippen molar-refractivity contribution in [2.24, 2.45) is 0 Å². The summed E-state index contributed by atoms with van der Waals surface area (Å²) in [5.74, 6) is -0.851. The number of aromatic amines is 1. The largest absolute Gasteiger partial charge is 0.478 e. The number of amides is 2. The number of ether oxygens (including phenoxy) is 1. The number of aryl methyl sites for hydroxylation is 1. The van der Waals surface area contributed by atoms with E-state index in [1.54, 1.807) is 13.0 Å². The quantitative estimate of drug-likeness (QED) is 0.498. The lowest BCUT2D eigenvalue weighted by Crippen LogP contribution is -2.47. The van der Waals surface area contributed by atoms with E-state index in [2.05, 4.69) is 20.8 Å². The van der Waals surface area contributed by atoms with Crippen molar-refractivity contribution in [3.05, 3.63) is 56.7 Å². The average Bonchev–Trinajstić information content (AvgIpc) is 3.04. The van der Waals surface area contributed by atoms with Gasteiger partial charge in [0.05, 0.1) is 16.0 Å². The first-order valence-electron chi connectivity index (χ1n) is 8.84. The number of aromatic nitrogens is 2. The molecule has 3 aromatic rings. The second-order valence-corrected chi connectivity index (χ2v) is 8.18. The molecular weight excluding hydrogens is 431 g/mol. The van der Waals surface area contributed by atoms with Crippen molar-refractivity contribution in [2.75, 3.05) is 6.26 Å². The lowest BCUT2D eigenvalue weighted by atomic mass is 10.2. The predicted octanol–water partition coefficient (Wildman–Crippen LogP) is 2.52. The van der Waals surface area contributed by atoms with Gasteiger partial charge >= 0.3 is 0 Å². The maximum Gasteiger partial charge on any atom is 0.280 e. The molecule has 0 fully saturated rings. The molecule has 0 aliphatic carbocycles. The Kier molecular flexibility index (Phi) is 6.73. The SMILES string of the molecule is CSCc1nc2sc(C(=O)NNC(=O)[C@@H](C)Oc3ccccc3F)c(C)c2c(=O)[nH]1. The molecule has 158 valence electrons. The Labute approximate surface area is 179 Å². The zero-order chi connectivity index (χ0) is 21.8. The molecule has 0 saturated carbocycles.